The number of amides is 1. The summed E-state index contributed by atoms with van der Waals surface area (Å²) in [5, 5.41) is 3.49. The maximum atomic E-state index is 11.9. The lowest BCUT2D eigenvalue weighted by Gasteiger charge is -2.04. The zero-order valence-electron chi connectivity index (χ0n) is 9.98. The number of nitrogens with two attached hydrogens (primary N) is 1. The van der Waals surface area contributed by atoms with E-state index >= 15 is 0 Å². The van der Waals surface area contributed by atoms with Crippen molar-refractivity contribution in [3.8, 4) is 0 Å². The highest BCUT2D eigenvalue weighted by atomic mass is 32.1. The number of thiazole rings is 1. The number of rotatable bonds is 4. The van der Waals surface area contributed by atoms with Crippen molar-refractivity contribution >= 4 is 32.6 Å². The highest BCUT2D eigenvalue weighted by Crippen LogP contribution is 2.31. The molecule has 3 N–H and O–H groups in total. The van der Waals surface area contributed by atoms with Gasteiger partial charge in [-0.05, 0) is 30.5 Å². The molecule has 1 aromatic carbocycles. The van der Waals surface area contributed by atoms with Crippen LogP contribution >= 0.6 is 11.3 Å². The molecular formula is C13H15N3OS. The summed E-state index contributed by atoms with van der Waals surface area (Å²) in [6.45, 7) is 0.770. The SMILES string of the molecule is Nc1nc2ccc(C(=O)NCCC3CC3)cc2s1. The van der Waals surface area contributed by atoms with Crippen LogP contribution in [-0.4, -0.2) is 17.4 Å². The predicted octanol–water partition coefficient (Wildman–Crippen LogP) is 2.41. The van der Waals surface area contributed by atoms with Crippen LogP contribution in [0, 0.1) is 5.92 Å². The predicted molar refractivity (Wildman–Crippen MR) is 73.7 cm³/mol. The van der Waals surface area contributed by atoms with E-state index in [1.54, 1.807) is 6.07 Å². The summed E-state index contributed by atoms with van der Waals surface area (Å²) >= 11 is 1.41. The summed E-state index contributed by atoms with van der Waals surface area (Å²) in [4.78, 5) is 16.1. The molecule has 94 valence electrons. The molecule has 0 atom stereocenters. The van der Waals surface area contributed by atoms with E-state index in [9.17, 15) is 4.79 Å². The molecular weight excluding hydrogens is 246 g/mol. The van der Waals surface area contributed by atoms with Gasteiger partial charge in [-0.1, -0.05) is 24.2 Å². The van der Waals surface area contributed by atoms with Crippen molar-refractivity contribution in [2.45, 2.75) is 19.3 Å². The second-order valence-corrected chi connectivity index (χ2v) is 5.78. The van der Waals surface area contributed by atoms with E-state index in [0.717, 1.165) is 29.1 Å². The normalized spacial score (nSPS) is 14.9. The number of nitrogens with zero attached hydrogens (tertiary/aromatic N) is 1. The minimum absolute atomic E-state index is 0.00970. The van der Waals surface area contributed by atoms with Crippen molar-refractivity contribution in [3.05, 3.63) is 23.8 Å². The lowest BCUT2D eigenvalue weighted by Crippen LogP contribution is -2.24. The van der Waals surface area contributed by atoms with Crippen molar-refractivity contribution in [2.75, 3.05) is 12.3 Å². The molecule has 1 amide bonds. The maximum absolute atomic E-state index is 11.9. The van der Waals surface area contributed by atoms with E-state index in [-0.39, 0.29) is 5.91 Å². The number of aromatic nitrogens is 1. The number of nitrogens with one attached hydrogen (secondary N) is 1. The van der Waals surface area contributed by atoms with Gasteiger partial charge in [0.05, 0.1) is 10.2 Å². The van der Waals surface area contributed by atoms with Crippen LogP contribution in [0.15, 0.2) is 18.2 Å². The van der Waals surface area contributed by atoms with Gasteiger partial charge >= 0.3 is 0 Å². The third kappa shape index (κ3) is 2.46. The smallest absolute Gasteiger partial charge is 0.251 e. The molecule has 4 nitrogen and oxygen atoms in total. The van der Waals surface area contributed by atoms with Crippen LogP contribution in [-0.2, 0) is 0 Å². The van der Waals surface area contributed by atoms with Gasteiger partial charge in [-0.25, -0.2) is 4.98 Å². The minimum atomic E-state index is -0.00970. The summed E-state index contributed by atoms with van der Waals surface area (Å²) in [6, 6.07) is 5.50. The summed E-state index contributed by atoms with van der Waals surface area (Å²) in [6.07, 6.45) is 3.74. The van der Waals surface area contributed by atoms with Gasteiger partial charge < -0.3 is 11.1 Å². The molecule has 1 fully saturated rings. The Morgan fingerprint density at radius 3 is 3.11 bits per heavy atom. The highest BCUT2D eigenvalue weighted by Gasteiger charge is 2.20. The van der Waals surface area contributed by atoms with E-state index in [1.807, 2.05) is 12.1 Å². The molecule has 2 aromatic rings. The second-order valence-electron chi connectivity index (χ2n) is 4.72. The third-order valence-corrected chi connectivity index (χ3v) is 4.05. The average Bonchev–Trinajstić information content (AvgIpc) is 3.08. The molecule has 18 heavy (non-hydrogen) atoms. The zero-order valence-corrected chi connectivity index (χ0v) is 10.8. The molecule has 0 unspecified atom stereocenters. The van der Waals surface area contributed by atoms with Gasteiger partial charge in [0, 0.05) is 12.1 Å². The quantitative estimate of drug-likeness (QED) is 0.888. The fraction of sp³-hybridized carbons (Fsp3) is 0.385. The van der Waals surface area contributed by atoms with Crippen molar-refractivity contribution in [3.63, 3.8) is 0 Å². The van der Waals surface area contributed by atoms with Crippen LogP contribution in [0.2, 0.25) is 0 Å². The average molecular weight is 261 g/mol. The van der Waals surface area contributed by atoms with Crippen LogP contribution in [0.25, 0.3) is 10.2 Å². The van der Waals surface area contributed by atoms with Crippen LogP contribution in [0.5, 0.6) is 0 Å². The largest absolute Gasteiger partial charge is 0.375 e. The molecule has 1 saturated carbocycles. The summed E-state index contributed by atoms with van der Waals surface area (Å²) in [5.74, 6) is 0.832. The Bertz CT molecular complexity index is 589. The van der Waals surface area contributed by atoms with E-state index in [0.29, 0.717) is 10.7 Å². The molecule has 1 aliphatic carbocycles. The molecule has 0 spiro atoms. The number of carbonyl (C=O) groups excluding carboxylic acids is 1. The van der Waals surface area contributed by atoms with Gasteiger partial charge in [-0.2, -0.15) is 0 Å². The van der Waals surface area contributed by atoms with Gasteiger partial charge in [0.15, 0.2) is 5.13 Å². The summed E-state index contributed by atoms with van der Waals surface area (Å²) < 4.78 is 0.961. The van der Waals surface area contributed by atoms with E-state index in [1.165, 1.54) is 24.2 Å². The first-order valence-corrected chi connectivity index (χ1v) is 6.98. The first-order chi connectivity index (χ1) is 8.72. The Morgan fingerprint density at radius 2 is 2.33 bits per heavy atom. The Balaban J connectivity index is 1.69. The van der Waals surface area contributed by atoms with E-state index < -0.39 is 0 Å². The number of nitrogen functional groups attached to an aromatic ring is 1. The third-order valence-electron chi connectivity index (χ3n) is 3.20. The lowest BCUT2D eigenvalue weighted by atomic mass is 10.2. The van der Waals surface area contributed by atoms with Gasteiger partial charge in [-0.3, -0.25) is 4.79 Å². The van der Waals surface area contributed by atoms with Gasteiger partial charge in [-0.15, -0.1) is 0 Å². The minimum Gasteiger partial charge on any atom is -0.375 e. The zero-order chi connectivity index (χ0) is 12.5. The van der Waals surface area contributed by atoms with Gasteiger partial charge in [0.25, 0.3) is 5.91 Å². The first kappa shape index (κ1) is 11.5. The monoisotopic (exact) mass is 261 g/mol. The first-order valence-electron chi connectivity index (χ1n) is 6.16. The molecule has 5 heteroatoms. The Labute approximate surface area is 109 Å². The molecule has 0 saturated heterocycles. The molecule has 1 aliphatic rings. The Kier molecular flexibility index (Phi) is 2.91. The molecule has 0 aliphatic heterocycles. The highest BCUT2D eigenvalue weighted by molar-refractivity contribution is 7.22. The fourth-order valence-electron chi connectivity index (χ4n) is 1.98. The van der Waals surface area contributed by atoms with Crippen LogP contribution in [0.4, 0.5) is 5.13 Å². The maximum Gasteiger partial charge on any atom is 0.251 e. The number of carbonyl (C=O) groups is 1. The van der Waals surface area contributed by atoms with Crippen LogP contribution < -0.4 is 11.1 Å². The van der Waals surface area contributed by atoms with Gasteiger partial charge in [0.1, 0.15) is 0 Å². The lowest BCUT2D eigenvalue weighted by molar-refractivity contribution is 0.0953. The van der Waals surface area contributed by atoms with Crippen LogP contribution in [0.1, 0.15) is 29.6 Å². The fourth-order valence-corrected chi connectivity index (χ4v) is 2.76. The summed E-state index contributed by atoms with van der Waals surface area (Å²) in [7, 11) is 0. The van der Waals surface area contributed by atoms with Crippen molar-refractivity contribution < 1.29 is 4.79 Å². The van der Waals surface area contributed by atoms with Crippen molar-refractivity contribution in [2.24, 2.45) is 5.92 Å². The molecule has 1 heterocycles. The second kappa shape index (κ2) is 4.57. The van der Waals surface area contributed by atoms with E-state index in [4.69, 9.17) is 5.73 Å². The topological polar surface area (TPSA) is 68.0 Å². The van der Waals surface area contributed by atoms with E-state index in [2.05, 4.69) is 10.3 Å². The summed E-state index contributed by atoms with van der Waals surface area (Å²) in [5.41, 5.74) is 7.18. The molecule has 1 aromatic heterocycles. The number of hydrogen-bond acceptors (Lipinski definition) is 4. The standard InChI is InChI=1S/C13H15N3OS/c14-13-16-10-4-3-9(7-11(10)18-13)12(17)15-6-5-8-1-2-8/h3-4,7-8H,1-2,5-6H2,(H2,14,16)(H,15,17). The molecule has 3 rings (SSSR count). The number of benzene rings is 1. The number of fused-ring (bicyclic) bond motifs is 1. The molecule has 0 radical (unpaired) electrons. The molecule has 0 bridgehead atoms. The number of anilines is 1. The Hall–Kier alpha value is -1.62. The van der Waals surface area contributed by atoms with Gasteiger partial charge in [0.2, 0.25) is 0 Å². The van der Waals surface area contributed by atoms with Crippen molar-refractivity contribution in [1.29, 1.82) is 0 Å². The van der Waals surface area contributed by atoms with Crippen LogP contribution in [0.3, 0.4) is 0 Å². The number of hydrogen-bond donors (Lipinski definition) is 2. The Morgan fingerprint density at radius 1 is 1.50 bits per heavy atom. The van der Waals surface area contributed by atoms with Crippen molar-refractivity contribution in [1.82, 2.24) is 10.3 Å².